The van der Waals surface area contributed by atoms with Crippen molar-refractivity contribution < 1.29 is 4.74 Å². The van der Waals surface area contributed by atoms with Crippen LogP contribution in [0.25, 0.3) is 0 Å². The number of nitrogens with zero attached hydrogens (tertiary/aromatic N) is 3. The van der Waals surface area contributed by atoms with Gasteiger partial charge in [0.15, 0.2) is 0 Å². The van der Waals surface area contributed by atoms with E-state index in [4.69, 9.17) is 4.74 Å². The van der Waals surface area contributed by atoms with Crippen LogP contribution < -0.4 is 4.74 Å². The van der Waals surface area contributed by atoms with Gasteiger partial charge in [0.25, 0.3) is 0 Å². The Morgan fingerprint density at radius 3 is 2.33 bits per heavy atom. The van der Waals surface area contributed by atoms with Gasteiger partial charge in [0.2, 0.25) is 0 Å². The molecule has 0 N–H and O–H groups in total. The van der Waals surface area contributed by atoms with Gasteiger partial charge < -0.3 is 9.64 Å². The maximum absolute atomic E-state index is 9.64. The van der Waals surface area contributed by atoms with Crippen molar-refractivity contribution in [2.45, 2.75) is 25.3 Å². The second kappa shape index (κ2) is 6.93. The van der Waals surface area contributed by atoms with Crippen molar-refractivity contribution in [2.75, 3.05) is 40.3 Å². The first-order valence-electron chi connectivity index (χ1n) is 7.55. The molecule has 1 fully saturated rings. The van der Waals surface area contributed by atoms with E-state index >= 15 is 0 Å². The summed E-state index contributed by atoms with van der Waals surface area (Å²) in [6.07, 6.45) is 1.78. The maximum atomic E-state index is 9.64. The molecule has 1 aromatic rings. The third-order valence-corrected chi connectivity index (χ3v) is 4.50. The van der Waals surface area contributed by atoms with Crippen LogP contribution in [0.3, 0.4) is 0 Å². The van der Waals surface area contributed by atoms with Crippen LogP contribution in [0.2, 0.25) is 0 Å². The number of rotatable bonds is 5. The van der Waals surface area contributed by atoms with E-state index in [0.717, 1.165) is 44.8 Å². The van der Waals surface area contributed by atoms with Crippen molar-refractivity contribution in [3.63, 3.8) is 0 Å². The molecule has 1 unspecified atom stereocenters. The molecule has 1 aliphatic rings. The summed E-state index contributed by atoms with van der Waals surface area (Å²) in [5.41, 5.74) is 0.882. The maximum Gasteiger partial charge on any atom is 0.118 e. The molecule has 0 spiro atoms. The normalized spacial score (nSPS) is 19.7. The van der Waals surface area contributed by atoms with Gasteiger partial charge in [0.1, 0.15) is 11.3 Å². The number of benzene rings is 1. The Hall–Kier alpha value is -1.57. The van der Waals surface area contributed by atoms with E-state index < -0.39 is 0 Å². The van der Waals surface area contributed by atoms with Crippen LogP contribution in [0.5, 0.6) is 5.75 Å². The summed E-state index contributed by atoms with van der Waals surface area (Å²) in [6, 6.07) is 10.7. The van der Waals surface area contributed by atoms with E-state index in [9.17, 15) is 5.26 Å². The van der Waals surface area contributed by atoms with Gasteiger partial charge in [-0.15, -0.1) is 0 Å². The molecule has 4 heteroatoms. The van der Waals surface area contributed by atoms with Crippen molar-refractivity contribution in [1.82, 2.24) is 9.80 Å². The zero-order valence-electron chi connectivity index (χ0n) is 13.3. The highest BCUT2D eigenvalue weighted by Crippen LogP contribution is 2.23. The van der Waals surface area contributed by atoms with Gasteiger partial charge in [-0.1, -0.05) is 12.1 Å². The first-order valence-corrected chi connectivity index (χ1v) is 7.55. The number of hydrogen-bond donors (Lipinski definition) is 0. The Morgan fingerprint density at radius 2 is 1.81 bits per heavy atom. The van der Waals surface area contributed by atoms with E-state index in [1.807, 2.05) is 12.1 Å². The minimum atomic E-state index is -0.374. The summed E-state index contributed by atoms with van der Waals surface area (Å²) >= 11 is 0. The van der Waals surface area contributed by atoms with Gasteiger partial charge in [-0.05, 0) is 44.5 Å². The largest absolute Gasteiger partial charge is 0.497 e. The fourth-order valence-corrected chi connectivity index (χ4v) is 2.76. The van der Waals surface area contributed by atoms with Crippen molar-refractivity contribution >= 4 is 0 Å². The summed E-state index contributed by atoms with van der Waals surface area (Å²) in [5, 5.41) is 9.64. The first-order chi connectivity index (χ1) is 10.1. The number of aryl methyl sites for hydroxylation is 1. The van der Waals surface area contributed by atoms with Crippen LogP contribution in [0.15, 0.2) is 24.3 Å². The molecule has 114 valence electrons. The van der Waals surface area contributed by atoms with Crippen LogP contribution in [-0.2, 0) is 6.42 Å². The van der Waals surface area contributed by atoms with Crippen LogP contribution in [0.4, 0.5) is 0 Å². The number of nitriles is 1. The molecule has 0 bridgehead atoms. The second-order valence-corrected chi connectivity index (χ2v) is 6.02. The van der Waals surface area contributed by atoms with Crippen molar-refractivity contribution in [3.05, 3.63) is 29.8 Å². The van der Waals surface area contributed by atoms with Gasteiger partial charge in [0, 0.05) is 26.2 Å². The molecule has 0 saturated carbocycles. The predicted octanol–water partition coefficient (Wildman–Crippen LogP) is 2.16. The molecule has 21 heavy (non-hydrogen) atoms. The highest BCUT2D eigenvalue weighted by atomic mass is 16.5. The van der Waals surface area contributed by atoms with E-state index in [1.165, 1.54) is 5.56 Å². The number of ether oxygens (including phenoxy) is 1. The summed E-state index contributed by atoms with van der Waals surface area (Å²) < 4.78 is 5.18. The van der Waals surface area contributed by atoms with E-state index in [0.29, 0.717) is 0 Å². The van der Waals surface area contributed by atoms with Gasteiger partial charge >= 0.3 is 0 Å². The fraction of sp³-hybridized carbons (Fsp3) is 0.588. The number of likely N-dealkylation sites (N-methyl/N-ethyl adjacent to an activating group) is 1. The molecule has 0 aliphatic carbocycles. The second-order valence-electron chi connectivity index (χ2n) is 6.02. The monoisotopic (exact) mass is 287 g/mol. The quantitative estimate of drug-likeness (QED) is 0.832. The lowest BCUT2D eigenvalue weighted by atomic mass is 9.92. The van der Waals surface area contributed by atoms with Gasteiger partial charge in [-0.25, -0.2) is 0 Å². The molecule has 4 nitrogen and oxygen atoms in total. The molecule has 2 rings (SSSR count). The Labute approximate surface area is 127 Å². The summed E-state index contributed by atoms with van der Waals surface area (Å²) in [4.78, 5) is 4.65. The van der Waals surface area contributed by atoms with Crippen molar-refractivity contribution in [3.8, 4) is 11.8 Å². The first kappa shape index (κ1) is 15.8. The van der Waals surface area contributed by atoms with E-state index in [2.05, 4.69) is 42.0 Å². The summed E-state index contributed by atoms with van der Waals surface area (Å²) in [6.45, 7) is 6.10. The molecule has 0 amide bonds. The van der Waals surface area contributed by atoms with Gasteiger partial charge in [-0.3, -0.25) is 4.90 Å². The zero-order valence-corrected chi connectivity index (χ0v) is 13.3. The lowest BCUT2D eigenvalue weighted by Crippen LogP contribution is -2.54. The molecule has 1 aliphatic heterocycles. The topological polar surface area (TPSA) is 39.5 Å². The molecule has 0 aromatic heterocycles. The molecular formula is C17H25N3O. The lowest BCUT2D eigenvalue weighted by Gasteiger charge is -2.41. The Kier molecular flexibility index (Phi) is 5.22. The van der Waals surface area contributed by atoms with Gasteiger partial charge in [-0.2, -0.15) is 5.26 Å². The fourth-order valence-electron chi connectivity index (χ4n) is 2.76. The van der Waals surface area contributed by atoms with Crippen LogP contribution in [-0.4, -0.2) is 55.7 Å². The standard InChI is InChI=1S/C17H25N3O/c1-17(14-18,20-12-10-19(2)11-13-20)9-8-15-4-6-16(21-3)7-5-15/h4-7H,8-13H2,1-3H3. The van der Waals surface area contributed by atoms with Crippen molar-refractivity contribution in [1.29, 1.82) is 5.26 Å². The molecule has 1 heterocycles. The zero-order chi connectivity index (χ0) is 15.3. The number of methoxy groups -OCH3 is 1. The molecular weight excluding hydrogens is 262 g/mol. The smallest absolute Gasteiger partial charge is 0.118 e. The predicted molar refractivity (Wildman–Crippen MR) is 84.4 cm³/mol. The average molecular weight is 287 g/mol. The number of hydrogen-bond acceptors (Lipinski definition) is 4. The third kappa shape index (κ3) is 3.96. The minimum Gasteiger partial charge on any atom is -0.497 e. The highest BCUT2D eigenvalue weighted by Gasteiger charge is 2.33. The lowest BCUT2D eigenvalue weighted by molar-refractivity contribution is 0.0786. The molecule has 1 aromatic carbocycles. The average Bonchev–Trinajstić information content (AvgIpc) is 2.53. The Morgan fingerprint density at radius 1 is 1.19 bits per heavy atom. The SMILES string of the molecule is COc1ccc(CCC(C)(C#N)N2CCN(C)CC2)cc1. The minimum absolute atomic E-state index is 0.374. The Bertz CT molecular complexity index is 486. The van der Waals surface area contributed by atoms with E-state index in [1.54, 1.807) is 7.11 Å². The third-order valence-electron chi connectivity index (χ3n) is 4.50. The molecule has 1 atom stereocenters. The van der Waals surface area contributed by atoms with Crippen molar-refractivity contribution in [2.24, 2.45) is 0 Å². The molecule has 1 saturated heterocycles. The summed E-state index contributed by atoms with van der Waals surface area (Å²) in [5.74, 6) is 0.876. The Balaban J connectivity index is 1.96. The van der Waals surface area contributed by atoms with Crippen LogP contribution in [0.1, 0.15) is 18.9 Å². The summed E-state index contributed by atoms with van der Waals surface area (Å²) in [7, 11) is 3.81. The van der Waals surface area contributed by atoms with Gasteiger partial charge in [0.05, 0.1) is 13.2 Å². The number of piperazine rings is 1. The van der Waals surface area contributed by atoms with Crippen LogP contribution >= 0.6 is 0 Å². The highest BCUT2D eigenvalue weighted by molar-refractivity contribution is 5.27. The molecule has 0 radical (unpaired) electrons. The van der Waals surface area contributed by atoms with Crippen LogP contribution in [0, 0.1) is 11.3 Å². The van der Waals surface area contributed by atoms with E-state index in [-0.39, 0.29) is 5.54 Å².